The maximum atomic E-state index is 11.3. The fourth-order valence-electron chi connectivity index (χ4n) is 3.24. The summed E-state index contributed by atoms with van der Waals surface area (Å²) in [5.74, 6) is 0.852. The molecule has 0 aliphatic carbocycles. The molecular formula is C22H44BF4NO4. The van der Waals surface area contributed by atoms with E-state index in [4.69, 9.17) is 14.5 Å². The minimum atomic E-state index is -3.67. The molecule has 0 radical (unpaired) electrons. The summed E-state index contributed by atoms with van der Waals surface area (Å²) in [6.45, 7) is 14.4. The van der Waals surface area contributed by atoms with Gasteiger partial charge >= 0.3 is 13.5 Å². The first-order valence-electron chi connectivity index (χ1n) is 11.6. The number of carbonyl (C=O) groups is 1. The minimum absolute atomic E-state index is 0. The summed E-state index contributed by atoms with van der Waals surface area (Å²) < 4.78 is 42.4. The van der Waals surface area contributed by atoms with Gasteiger partial charge in [-0.15, -0.1) is 0 Å². The van der Waals surface area contributed by atoms with Crippen LogP contribution in [0.2, 0.25) is 0 Å². The van der Waals surface area contributed by atoms with Crippen LogP contribution >= 0.6 is 0 Å². The summed E-state index contributed by atoms with van der Waals surface area (Å²) in [5.41, 5.74) is 0. The molecule has 2 atom stereocenters. The first-order valence-corrected chi connectivity index (χ1v) is 11.6. The number of ether oxygens (including phenoxy) is 2. The summed E-state index contributed by atoms with van der Waals surface area (Å²) in [6, 6.07) is 0.410. The lowest BCUT2D eigenvalue weighted by Crippen LogP contribution is -3.00. The molecule has 1 rings (SSSR count). The second kappa shape index (κ2) is 24.3. The number of nitrogens with zero attached hydrogens (tertiary/aromatic N) is 1. The second-order valence-corrected chi connectivity index (χ2v) is 7.29. The van der Waals surface area contributed by atoms with Gasteiger partial charge in [-0.25, -0.2) is 0 Å². The molecule has 1 heterocycles. The predicted molar refractivity (Wildman–Crippen MR) is 123 cm³/mol. The van der Waals surface area contributed by atoms with Crippen LogP contribution in [0.3, 0.4) is 0 Å². The zero-order chi connectivity index (χ0) is 24.1. The van der Waals surface area contributed by atoms with Crippen molar-refractivity contribution in [3.05, 3.63) is 0 Å². The number of esters is 1. The molecule has 5 nitrogen and oxygen atoms in total. The van der Waals surface area contributed by atoms with Crippen LogP contribution in [0.5, 0.6) is 0 Å². The Balaban J connectivity index is -0.000000584. The van der Waals surface area contributed by atoms with Crippen LogP contribution in [0, 0.1) is 5.92 Å². The van der Waals surface area contributed by atoms with E-state index in [2.05, 4.69) is 25.1 Å². The molecule has 0 aromatic rings. The van der Waals surface area contributed by atoms with Crippen LogP contribution in [-0.4, -0.2) is 59.0 Å². The monoisotopic (exact) mass is 473 g/mol. The fraction of sp³-hybridized carbons (Fsp3) is 0.909. The van der Waals surface area contributed by atoms with E-state index in [-0.39, 0.29) is 16.6 Å². The van der Waals surface area contributed by atoms with Crippen LogP contribution in [0.4, 0.5) is 12.9 Å². The SMILES string of the molecule is CCOC1=N[C@@H](CCCC[C@H](C)C(=O)OC)CCCC1.CC[O+](CC)CC.FB(F)F.[F-]. The van der Waals surface area contributed by atoms with E-state index < -0.39 is 7.54 Å². The average Bonchev–Trinajstić information content (AvgIpc) is 2.97. The molecule has 1 aliphatic heterocycles. The van der Waals surface area contributed by atoms with Gasteiger partial charge in [-0.2, -0.15) is 0 Å². The summed E-state index contributed by atoms with van der Waals surface area (Å²) in [4.78, 5) is 16.0. The van der Waals surface area contributed by atoms with Gasteiger partial charge in [-0.1, -0.05) is 26.2 Å². The maximum absolute atomic E-state index is 11.3. The van der Waals surface area contributed by atoms with Crippen molar-refractivity contribution in [2.75, 3.05) is 33.5 Å². The van der Waals surface area contributed by atoms with Gasteiger partial charge in [0, 0.05) is 27.2 Å². The second-order valence-electron chi connectivity index (χ2n) is 7.29. The molecular weight excluding hydrogens is 429 g/mol. The summed E-state index contributed by atoms with van der Waals surface area (Å²) in [7, 11) is -2.21. The standard InChI is InChI=1S/C16H29NO3.C6H15O.BF3.FH/c1-4-20-15-12-8-7-11-14(17-15)10-6-5-9-13(2)16(18)19-3;1-4-7(5-2)6-3;2-1(3)4;/h13-14H,4-12H2,1-3H3;4-6H2,1-3H3;;1H/q;+1;;/p-1/t13-,14-;;;/m0.../s1. The molecule has 0 unspecified atom stereocenters. The van der Waals surface area contributed by atoms with Gasteiger partial charge in [-0.3, -0.25) is 22.7 Å². The fourth-order valence-corrected chi connectivity index (χ4v) is 3.24. The minimum Gasteiger partial charge on any atom is -1.00 e. The van der Waals surface area contributed by atoms with E-state index in [0.29, 0.717) is 12.6 Å². The van der Waals surface area contributed by atoms with Gasteiger partial charge in [0.2, 0.25) is 0 Å². The lowest BCUT2D eigenvalue weighted by molar-refractivity contribution is -0.145. The molecule has 0 saturated heterocycles. The lowest BCUT2D eigenvalue weighted by atomic mass is 10.00. The van der Waals surface area contributed by atoms with E-state index in [9.17, 15) is 17.7 Å². The van der Waals surface area contributed by atoms with E-state index in [1.54, 1.807) is 0 Å². The van der Waals surface area contributed by atoms with Crippen molar-refractivity contribution in [3.8, 4) is 0 Å². The molecule has 10 heteroatoms. The highest BCUT2D eigenvalue weighted by Crippen LogP contribution is 2.20. The van der Waals surface area contributed by atoms with Gasteiger partial charge < -0.3 is 18.5 Å². The van der Waals surface area contributed by atoms with Crippen molar-refractivity contribution < 1.29 is 36.3 Å². The lowest BCUT2D eigenvalue weighted by Gasteiger charge is -2.13. The smallest absolute Gasteiger partial charge is 0.762 e. The number of rotatable bonds is 10. The molecule has 0 aromatic carbocycles. The van der Waals surface area contributed by atoms with E-state index in [0.717, 1.165) is 57.8 Å². The van der Waals surface area contributed by atoms with Crippen molar-refractivity contribution in [1.82, 2.24) is 0 Å². The third-order valence-corrected chi connectivity index (χ3v) is 5.07. The van der Waals surface area contributed by atoms with Gasteiger partial charge in [0.05, 0.1) is 25.7 Å². The number of aliphatic imine (C=N–C) groups is 1. The zero-order valence-electron chi connectivity index (χ0n) is 20.8. The number of hydrogen-bond donors (Lipinski definition) is 0. The Morgan fingerprint density at radius 1 is 1.12 bits per heavy atom. The van der Waals surface area contributed by atoms with Crippen LogP contribution in [0.1, 0.15) is 86.0 Å². The molecule has 192 valence electrons. The topological polar surface area (TPSA) is 50.6 Å². The largest absolute Gasteiger partial charge is 1.00 e. The summed E-state index contributed by atoms with van der Waals surface area (Å²) >= 11 is 0. The van der Waals surface area contributed by atoms with Crippen LogP contribution in [0.25, 0.3) is 0 Å². The quantitative estimate of drug-likeness (QED) is 0.161. The predicted octanol–water partition coefficient (Wildman–Crippen LogP) is 3.22. The third-order valence-electron chi connectivity index (χ3n) is 5.07. The third kappa shape index (κ3) is 21.9. The molecule has 0 fully saturated rings. The van der Waals surface area contributed by atoms with Crippen LogP contribution in [0.15, 0.2) is 4.99 Å². The van der Waals surface area contributed by atoms with Crippen molar-refractivity contribution in [2.45, 2.75) is 92.0 Å². The zero-order valence-corrected chi connectivity index (χ0v) is 20.8. The van der Waals surface area contributed by atoms with E-state index in [1.165, 1.54) is 26.4 Å². The highest BCUT2D eigenvalue weighted by Gasteiger charge is 2.15. The number of carbonyl (C=O) groups excluding carboxylic acids is 1. The van der Waals surface area contributed by atoms with Crippen molar-refractivity contribution in [2.24, 2.45) is 10.9 Å². The maximum Gasteiger partial charge on any atom is 0.762 e. The first kappa shape index (κ1) is 35.3. The molecule has 0 amide bonds. The molecule has 0 bridgehead atoms. The Bertz CT molecular complexity index is 447. The number of methoxy groups -OCH3 is 1. The molecule has 1 aliphatic rings. The first-order chi connectivity index (χ1) is 14.7. The van der Waals surface area contributed by atoms with E-state index in [1.807, 2.05) is 13.8 Å². The van der Waals surface area contributed by atoms with Gasteiger partial charge in [-0.05, 0) is 32.6 Å². The average molecular weight is 473 g/mol. The Kier molecular flexibility index (Phi) is 26.8. The number of halogens is 4. The van der Waals surface area contributed by atoms with Gasteiger partial charge in [0.15, 0.2) is 5.90 Å². The molecule has 0 spiro atoms. The molecule has 0 saturated carbocycles. The highest BCUT2D eigenvalue weighted by atomic mass is 19.4. The van der Waals surface area contributed by atoms with Crippen molar-refractivity contribution in [1.29, 1.82) is 0 Å². The molecule has 32 heavy (non-hydrogen) atoms. The number of hydrogen-bond acceptors (Lipinski definition) is 4. The van der Waals surface area contributed by atoms with E-state index >= 15 is 0 Å². The molecule has 0 aromatic heterocycles. The summed E-state index contributed by atoms with van der Waals surface area (Å²) in [5, 5.41) is 0. The normalized spacial score (nSPS) is 16.1. The molecule has 0 N–H and O–H groups in total. The van der Waals surface area contributed by atoms with Crippen LogP contribution < -0.4 is 4.70 Å². The van der Waals surface area contributed by atoms with Gasteiger partial charge in [0.25, 0.3) is 0 Å². The van der Waals surface area contributed by atoms with Crippen molar-refractivity contribution in [3.63, 3.8) is 0 Å². The Morgan fingerprint density at radius 2 is 1.69 bits per heavy atom. The van der Waals surface area contributed by atoms with Crippen molar-refractivity contribution >= 4 is 19.4 Å². The Hall–Kier alpha value is -1.32. The Morgan fingerprint density at radius 3 is 2.12 bits per heavy atom. The van der Waals surface area contributed by atoms with Gasteiger partial charge in [0.1, 0.15) is 19.8 Å². The summed E-state index contributed by atoms with van der Waals surface area (Å²) in [6.07, 6.45) is 8.78. The highest BCUT2D eigenvalue weighted by molar-refractivity contribution is 6.33. The Labute approximate surface area is 192 Å². The number of unbranched alkanes of at least 4 members (excludes halogenated alkanes) is 1. The van der Waals surface area contributed by atoms with Crippen LogP contribution in [-0.2, 0) is 18.6 Å².